The first-order valence-corrected chi connectivity index (χ1v) is 6.25. The zero-order valence-corrected chi connectivity index (χ0v) is 10.5. The molecular weight excluding hydrogens is 234 g/mol. The number of nitrogens with two attached hydrogens (primary N) is 1. The first-order valence-electron chi connectivity index (χ1n) is 5.62. The predicted octanol–water partition coefficient (Wildman–Crippen LogP) is 1.40. The molecule has 17 heavy (non-hydrogen) atoms. The third kappa shape index (κ3) is 4.71. The number of thiol groups is 1. The van der Waals surface area contributed by atoms with E-state index in [9.17, 15) is 9.59 Å². The highest BCUT2D eigenvalue weighted by atomic mass is 32.1. The lowest BCUT2D eigenvalue weighted by atomic mass is 9.99. The maximum atomic E-state index is 11.7. The Morgan fingerprint density at radius 1 is 1.24 bits per heavy atom. The van der Waals surface area contributed by atoms with E-state index in [4.69, 9.17) is 5.73 Å². The molecule has 1 rings (SSSR count). The van der Waals surface area contributed by atoms with Gasteiger partial charge in [-0.3, -0.25) is 9.59 Å². The summed E-state index contributed by atoms with van der Waals surface area (Å²) >= 11 is 4.00. The molecule has 0 aromatic heterocycles. The molecule has 1 aromatic rings. The minimum absolute atomic E-state index is 0.241. The van der Waals surface area contributed by atoms with Gasteiger partial charge in [-0.1, -0.05) is 30.3 Å². The average molecular weight is 251 g/mol. The van der Waals surface area contributed by atoms with E-state index >= 15 is 0 Å². The molecule has 0 bridgehead atoms. The lowest BCUT2D eigenvalue weighted by molar-refractivity contribution is -0.137. The predicted molar refractivity (Wildman–Crippen MR) is 71.2 cm³/mol. The van der Waals surface area contributed by atoms with Crippen LogP contribution in [0.2, 0.25) is 0 Å². The normalized spacial score (nSPS) is 12.1. The van der Waals surface area contributed by atoms with Crippen molar-refractivity contribution < 1.29 is 9.59 Å². The lowest BCUT2D eigenvalue weighted by Gasteiger charge is -2.09. The lowest BCUT2D eigenvalue weighted by Crippen LogP contribution is -2.37. The van der Waals surface area contributed by atoms with Crippen molar-refractivity contribution in [2.45, 2.75) is 25.3 Å². The van der Waals surface area contributed by atoms with Gasteiger partial charge in [0.05, 0.1) is 6.04 Å². The zero-order chi connectivity index (χ0) is 12.7. The van der Waals surface area contributed by atoms with Crippen molar-refractivity contribution in [3.05, 3.63) is 35.9 Å². The van der Waals surface area contributed by atoms with Crippen molar-refractivity contribution in [1.29, 1.82) is 0 Å². The monoisotopic (exact) mass is 251 g/mol. The van der Waals surface area contributed by atoms with Gasteiger partial charge in [-0.05, 0) is 24.2 Å². The van der Waals surface area contributed by atoms with Crippen molar-refractivity contribution in [2.75, 3.05) is 5.75 Å². The van der Waals surface area contributed by atoms with E-state index in [1.807, 2.05) is 30.3 Å². The molecule has 0 saturated heterocycles. The second kappa shape index (κ2) is 7.25. The summed E-state index contributed by atoms with van der Waals surface area (Å²) in [5.74, 6) is -0.259. The Hall–Kier alpha value is -1.13. The van der Waals surface area contributed by atoms with Crippen LogP contribution in [0.3, 0.4) is 0 Å². The summed E-state index contributed by atoms with van der Waals surface area (Å²) in [7, 11) is 0. The van der Waals surface area contributed by atoms with E-state index < -0.39 is 11.8 Å². The van der Waals surface area contributed by atoms with E-state index in [1.165, 1.54) is 0 Å². The maximum Gasteiger partial charge on any atom is 0.215 e. The standard InChI is InChI=1S/C13H17NO2S/c14-11(9-10-5-2-1-3-6-10)13(16)12(15)7-4-8-17/h1-3,5-6,11,17H,4,7-9,14H2/t11-/m0/s1. The molecule has 0 fully saturated rings. The van der Waals surface area contributed by atoms with Gasteiger partial charge in [0.25, 0.3) is 0 Å². The van der Waals surface area contributed by atoms with Gasteiger partial charge in [0.2, 0.25) is 5.78 Å². The number of carbonyl (C=O) groups excluding carboxylic acids is 2. The summed E-state index contributed by atoms with van der Waals surface area (Å²) in [5.41, 5.74) is 6.70. The van der Waals surface area contributed by atoms with Gasteiger partial charge >= 0.3 is 0 Å². The molecule has 0 heterocycles. The van der Waals surface area contributed by atoms with Crippen LogP contribution >= 0.6 is 12.6 Å². The second-order valence-electron chi connectivity index (χ2n) is 3.91. The number of hydrogen-bond donors (Lipinski definition) is 2. The Morgan fingerprint density at radius 2 is 1.88 bits per heavy atom. The quantitative estimate of drug-likeness (QED) is 0.569. The molecule has 4 heteroatoms. The van der Waals surface area contributed by atoms with Crippen LogP contribution in [-0.4, -0.2) is 23.4 Å². The van der Waals surface area contributed by atoms with Gasteiger partial charge in [-0.25, -0.2) is 0 Å². The van der Waals surface area contributed by atoms with Gasteiger partial charge in [0.1, 0.15) is 0 Å². The minimum Gasteiger partial charge on any atom is -0.321 e. The first-order chi connectivity index (χ1) is 8.15. The maximum absolute atomic E-state index is 11.7. The number of rotatable bonds is 7. The third-order valence-corrected chi connectivity index (χ3v) is 2.79. The number of hydrogen-bond acceptors (Lipinski definition) is 4. The van der Waals surface area contributed by atoms with Crippen LogP contribution in [0.25, 0.3) is 0 Å². The molecule has 0 amide bonds. The van der Waals surface area contributed by atoms with E-state index in [1.54, 1.807) is 0 Å². The van der Waals surface area contributed by atoms with Gasteiger partial charge in [-0.2, -0.15) is 12.6 Å². The third-order valence-electron chi connectivity index (χ3n) is 2.47. The summed E-state index contributed by atoms with van der Waals surface area (Å²) in [6.45, 7) is 0. The van der Waals surface area contributed by atoms with E-state index in [-0.39, 0.29) is 12.2 Å². The number of carbonyl (C=O) groups is 2. The molecule has 0 aliphatic rings. The fourth-order valence-corrected chi connectivity index (χ4v) is 1.69. The minimum atomic E-state index is -0.732. The van der Waals surface area contributed by atoms with Gasteiger partial charge in [0, 0.05) is 6.42 Å². The van der Waals surface area contributed by atoms with Crippen molar-refractivity contribution >= 4 is 24.2 Å². The molecule has 1 atom stereocenters. The van der Waals surface area contributed by atoms with Crippen molar-refractivity contribution in [2.24, 2.45) is 5.73 Å². The molecule has 0 saturated carbocycles. The number of Topliss-reactive ketones (excluding diaryl/α,β-unsaturated/α-hetero) is 2. The van der Waals surface area contributed by atoms with Crippen molar-refractivity contribution in [1.82, 2.24) is 0 Å². The first kappa shape index (κ1) is 13.9. The second-order valence-corrected chi connectivity index (χ2v) is 4.36. The Labute approximate surface area is 107 Å². The van der Waals surface area contributed by atoms with Crippen molar-refractivity contribution in [3.63, 3.8) is 0 Å². The molecule has 0 unspecified atom stereocenters. The van der Waals surface area contributed by atoms with Gasteiger partial charge in [-0.15, -0.1) is 0 Å². The SMILES string of the molecule is N[C@@H](Cc1ccccc1)C(=O)C(=O)CCCS. The van der Waals surface area contributed by atoms with E-state index in [0.717, 1.165) is 5.56 Å². The molecule has 3 nitrogen and oxygen atoms in total. The zero-order valence-electron chi connectivity index (χ0n) is 9.63. The van der Waals surface area contributed by atoms with E-state index in [2.05, 4.69) is 12.6 Å². The highest BCUT2D eigenvalue weighted by Crippen LogP contribution is 2.04. The van der Waals surface area contributed by atoms with Crippen LogP contribution in [0.15, 0.2) is 30.3 Å². The van der Waals surface area contributed by atoms with Crippen LogP contribution in [0.4, 0.5) is 0 Å². The van der Waals surface area contributed by atoms with Crippen LogP contribution in [0.5, 0.6) is 0 Å². The Bertz CT molecular complexity index is 378. The Balaban J connectivity index is 2.50. The van der Waals surface area contributed by atoms with Gasteiger partial charge in [0.15, 0.2) is 5.78 Å². The molecule has 2 N–H and O–H groups in total. The fraction of sp³-hybridized carbons (Fsp3) is 0.385. The van der Waals surface area contributed by atoms with Crippen LogP contribution in [0.1, 0.15) is 18.4 Å². The van der Waals surface area contributed by atoms with Crippen LogP contribution in [-0.2, 0) is 16.0 Å². The molecule has 0 radical (unpaired) electrons. The van der Waals surface area contributed by atoms with E-state index in [0.29, 0.717) is 18.6 Å². The summed E-state index contributed by atoms with van der Waals surface area (Å²) in [4.78, 5) is 23.1. The molecular formula is C13H17NO2S. The summed E-state index contributed by atoms with van der Waals surface area (Å²) in [6.07, 6.45) is 1.27. The molecule has 1 aromatic carbocycles. The fourth-order valence-electron chi connectivity index (χ4n) is 1.53. The molecule has 0 aliphatic heterocycles. The van der Waals surface area contributed by atoms with Gasteiger partial charge < -0.3 is 5.73 Å². The summed E-state index contributed by atoms with van der Waals surface area (Å²) in [5, 5.41) is 0. The topological polar surface area (TPSA) is 60.2 Å². The number of benzene rings is 1. The molecule has 92 valence electrons. The highest BCUT2D eigenvalue weighted by molar-refractivity contribution is 7.80. The van der Waals surface area contributed by atoms with Crippen LogP contribution < -0.4 is 5.73 Å². The highest BCUT2D eigenvalue weighted by Gasteiger charge is 2.21. The Kier molecular flexibility index (Phi) is 5.94. The molecule has 0 spiro atoms. The number of ketones is 2. The van der Waals surface area contributed by atoms with Crippen molar-refractivity contribution in [3.8, 4) is 0 Å². The average Bonchev–Trinajstić information content (AvgIpc) is 2.36. The summed E-state index contributed by atoms with van der Waals surface area (Å²) in [6, 6.07) is 8.72. The largest absolute Gasteiger partial charge is 0.321 e. The molecule has 0 aliphatic carbocycles. The Morgan fingerprint density at radius 3 is 2.47 bits per heavy atom. The smallest absolute Gasteiger partial charge is 0.215 e. The van der Waals surface area contributed by atoms with Crippen LogP contribution in [0, 0.1) is 0 Å². The summed E-state index contributed by atoms with van der Waals surface area (Å²) < 4.78 is 0.